The van der Waals surface area contributed by atoms with Crippen LogP contribution in [0.5, 0.6) is 0 Å². The minimum absolute atomic E-state index is 0.742. The zero-order valence-corrected chi connectivity index (χ0v) is 16.3. The van der Waals surface area contributed by atoms with Crippen LogP contribution >= 0.6 is 31.9 Å². The molecular weight excluding hydrogens is 378 g/mol. The third-order valence-electron chi connectivity index (χ3n) is 3.60. The highest BCUT2D eigenvalue weighted by atomic mass is 79.9. The van der Waals surface area contributed by atoms with E-state index in [1.165, 1.54) is 32.9 Å². The molecule has 1 nitrogen and oxygen atoms in total. The average molecular weight is 405 g/mol. The van der Waals surface area contributed by atoms with E-state index in [-0.39, 0.29) is 0 Å². The van der Waals surface area contributed by atoms with Crippen LogP contribution in [0.15, 0.2) is 21.1 Å². The van der Waals surface area contributed by atoms with Gasteiger partial charge in [-0.1, -0.05) is 52.6 Å². The molecule has 1 aromatic rings. The second-order valence-corrected chi connectivity index (χ2v) is 7.93. The predicted octanol–water partition coefficient (Wildman–Crippen LogP) is 5.72. The number of aryl methyl sites for hydroxylation is 2. The van der Waals surface area contributed by atoms with E-state index in [0.29, 0.717) is 0 Å². The topological polar surface area (TPSA) is 12.0 Å². The minimum Gasteiger partial charge on any atom is -0.316 e. The van der Waals surface area contributed by atoms with Gasteiger partial charge in [-0.3, -0.25) is 0 Å². The number of hydrogen-bond acceptors (Lipinski definition) is 1. The van der Waals surface area contributed by atoms with Crippen LogP contribution in [0.3, 0.4) is 0 Å². The Morgan fingerprint density at radius 3 is 2.40 bits per heavy atom. The Hall–Kier alpha value is 0.140. The molecule has 3 heteroatoms. The summed E-state index contributed by atoms with van der Waals surface area (Å²) in [6.45, 7) is 11.3. The third-order valence-corrected chi connectivity index (χ3v) is 5.19. The molecule has 0 aliphatic carbocycles. The fraction of sp³-hybridized carbons (Fsp3) is 0.647. The van der Waals surface area contributed by atoms with Gasteiger partial charge in [-0.05, 0) is 74.4 Å². The Bertz CT molecular complexity index is 416. The van der Waals surface area contributed by atoms with Gasteiger partial charge in [0.25, 0.3) is 0 Å². The fourth-order valence-electron chi connectivity index (χ4n) is 2.16. The number of benzene rings is 1. The monoisotopic (exact) mass is 403 g/mol. The van der Waals surface area contributed by atoms with Crippen LogP contribution in [0.2, 0.25) is 0 Å². The van der Waals surface area contributed by atoms with Gasteiger partial charge in [-0.15, -0.1) is 0 Å². The van der Waals surface area contributed by atoms with Crippen molar-refractivity contribution in [1.29, 1.82) is 0 Å². The van der Waals surface area contributed by atoms with Crippen LogP contribution in [-0.2, 0) is 6.42 Å². The summed E-state index contributed by atoms with van der Waals surface area (Å²) in [6.07, 6.45) is 3.65. The van der Waals surface area contributed by atoms with Crippen molar-refractivity contribution in [3.63, 3.8) is 0 Å². The standard InChI is InChI=1S/C17H27Br2N/c1-12(2)11-20-8-7-13(3)5-6-15-10-16(18)14(4)9-17(15)19/h9-10,12-13,20H,5-8,11H2,1-4H3. The highest BCUT2D eigenvalue weighted by molar-refractivity contribution is 9.11. The van der Waals surface area contributed by atoms with Crippen molar-refractivity contribution in [2.24, 2.45) is 11.8 Å². The summed E-state index contributed by atoms with van der Waals surface area (Å²) in [5, 5.41) is 3.53. The van der Waals surface area contributed by atoms with E-state index in [1.807, 2.05) is 0 Å². The lowest BCUT2D eigenvalue weighted by molar-refractivity contribution is 0.453. The molecule has 0 saturated heterocycles. The number of hydrogen-bond donors (Lipinski definition) is 1. The quantitative estimate of drug-likeness (QED) is 0.546. The lowest BCUT2D eigenvalue weighted by atomic mass is 9.98. The van der Waals surface area contributed by atoms with Crippen molar-refractivity contribution < 1.29 is 0 Å². The van der Waals surface area contributed by atoms with Crippen LogP contribution in [-0.4, -0.2) is 13.1 Å². The van der Waals surface area contributed by atoms with Gasteiger partial charge in [0, 0.05) is 8.95 Å². The zero-order valence-electron chi connectivity index (χ0n) is 13.1. The normalized spacial score (nSPS) is 12.9. The molecular formula is C17H27Br2N. The van der Waals surface area contributed by atoms with Crippen LogP contribution in [0.25, 0.3) is 0 Å². The van der Waals surface area contributed by atoms with E-state index in [1.54, 1.807) is 0 Å². The van der Waals surface area contributed by atoms with Gasteiger partial charge in [0.15, 0.2) is 0 Å². The van der Waals surface area contributed by atoms with Crippen molar-refractivity contribution in [3.05, 3.63) is 32.2 Å². The fourth-order valence-corrected chi connectivity index (χ4v) is 3.21. The number of halogens is 2. The van der Waals surface area contributed by atoms with Gasteiger partial charge in [0.1, 0.15) is 0 Å². The predicted molar refractivity (Wildman–Crippen MR) is 96.4 cm³/mol. The second kappa shape index (κ2) is 9.22. The summed E-state index contributed by atoms with van der Waals surface area (Å²) in [7, 11) is 0. The van der Waals surface area contributed by atoms with E-state index < -0.39 is 0 Å². The number of nitrogens with one attached hydrogen (secondary N) is 1. The second-order valence-electron chi connectivity index (χ2n) is 6.22. The van der Waals surface area contributed by atoms with Crippen LogP contribution in [0.4, 0.5) is 0 Å². The Morgan fingerprint density at radius 1 is 1.05 bits per heavy atom. The smallest absolute Gasteiger partial charge is 0.0210 e. The van der Waals surface area contributed by atoms with E-state index in [0.717, 1.165) is 31.3 Å². The van der Waals surface area contributed by atoms with Gasteiger partial charge in [-0.25, -0.2) is 0 Å². The molecule has 0 spiro atoms. The molecule has 0 radical (unpaired) electrons. The van der Waals surface area contributed by atoms with Gasteiger partial charge in [-0.2, -0.15) is 0 Å². The van der Waals surface area contributed by atoms with Gasteiger partial charge in [0.05, 0.1) is 0 Å². The maximum atomic E-state index is 3.68. The molecule has 1 unspecified atom stereocenters. The summed E-state index contributed by atoms with van der Waals surface area (Å²) in [6, 6.07) is 4.46. The Balaban J connectivity index is 2.34. The molecule has 114 valence electrons. The largest absolute Gasteiger partial charge is 0.316 e. The number of rotatable bonds is 8. The molecule has 0 saturated carbocycles. The summed E-state index contributed by atoms with van der Waals surface area (Å²) in [5.74, 6) is 1.51. The summed E-state index contributed by atoms with van der Waals surface area (Å²) >= 11 is 7.30. The molecule has 0 aliphatic rings. The van der Waals surface area contributed by atoms with E-state index in [4.69, 9.17) is 0 Å². The lowest BCUT2D eigenvalue weighted by Gasteiger charge is -2.14. The molecule has 0 aliphatic heterocycles. The first kappa shape index (κ1) is 18.2. The molecule has 1 atom stereocenters. The molecule has 1 N–H and O–H groups in total. The van der Waals surface area contributed by atoms with Crippen LogP contribution in [0, 0.1) is 18.8 Å². The molecule has 20 heavy (non-hydrogen) atoms. The lowest BCUT2D eigenvalue weighted by Crippen LogP contribution is -2.22. The van der Waals surface area contributed by atoms with Crippen molar-refractivity contribution in [2.45, 2.75) is 47.0 Å². The van der Waals surface area contributed by atoms with Crippen molar-refractivity contribution in [3.8, 4) is 0 Å². The van der Waals surface area contributed by atoms with Gasteiger partial charge >= 0.3 is 0 Å². The molecule has 0 fully saturated rings. The molecule has 0 amide bonds. The average Bonchev–Trinajstić information content (AvgIpc) is 2.37. The van der Waals surface area contributed by atoms with Gasteiger partial charge < -0.3 is 5.32 Å². The summed E-state index contributed by atoms with van der Waals surface area (Å²) in [5.41, 5.74) is 2.69. The van der Waals surface area contributed by atoms with Crippen LogP contribution in [0.1, 0.15) is 44.7 Å². The Labute approximate surface area is 141 Å². The molecule has 1 rings (SSSR count). The first-order valence-electron chi connectivity index (χ1n) is 7.55. The first-order chi connectivity index (χ1) is 9.40. The minimum atomic E-state index is 0.742. The van der Waals surface area contributed by atoms with E-state index in [2.05, 4.69) is 77.0 Å². The highest BCUT2D eigenvalue weighted by Crippen LogP contribution is 2.27. The van der Waals surface area contributed by atoms with E-state index >= 15 is 0 Å². The zero-order chi connectivity index (χ0) is 15.1. The molecule has 0 heterocycles. The highest BCUT2D eigenvalue weighted by Gasteiger charge is 2.07. The van der Waals surface area contributed by atoms with Gasteiger partial charge in [0.2, 0.25) is 0 Å². The third kappa shape index (κ3) is 6.73. The molecule has 0 aromatic heterocycles. The first-order valence-corrected chi connectivity index (χ1v) is 9.14. The molecule has 1 aromatic carbocycles. The van der Waals surface area contributed by atoms with Crippen molar-refractivity contribution in [1.82, 2.24) is 5.32 Å². The maximum Gasteiger partial charge on any atom is 0.0210 e. The Kier molecular flexibility index (Phi) is 8.38. The molecule has 0 bridgehead atoms. The SMILES string of the molecule is Cc1cc(Br)c(CCC(C)CCNCC(C)C)cc1Br. The van der Waals surface area contributed by atoms with Crippen molar-refractivity contribution >= 4 is 31.9 Å². The maximum absolute atomic E-state index is 3.68. The van der Waals surface area contributed by atoms with E-state index in [9.17, 15) is 0 Å². The summed E-state index contributed by atoms with van der Waals surface area (Å²) < 4.78 is 2.45. The van der Waals surface area contributed by atoms with Crippen molar-refractivity contribution in [2.75, 3.05) is 13.1 Å². The van der Waals surface area contributed by atoms with Crippen LogP contribution < -0.4 is 5.32 Å². The Morgan fingerprint density at radius 2 is 1.75 bits per heavy atom. The summed E-state index contributed by atoms with van der Waals surface area (Å²) in [4.78, 5) is 0.